The third kappa shape index (κ3) is 6.29. The number of fused-ring (bicyclic) bond motifs is 5. The molecule has 0 amide bonds. The van der Waals surface area contributed by atoms with Gasteiger partial charge in [-0.3, -0.25) is 0 Å². The zero-order valence-electron chi connectivity index (χ0n) is 33.8. The molecule has 0 aliphatic carbocycles. The number of nitrogens with zero attached hydrogens (tertiary/aromatic N) is 2. The van der Waals surface area contributed by atoms with Crippen molar-refractivity contribution >= 4 is 53.9 Å². The van der Waals surface area contributed by atoms with E-state index >= 15 is 0 Å². The Morgan fingerprint density at radius 2 is 0.613 bits per heavy atom. The average Bonchev–Trinajstić information content (AvgIpc) is 3.35. The summed E-state index contributed by atoms with van der Waals surface area (Å²) in [4.78, 5) is 10.3. The Morgan fingerprint density at radius 3 is 1.19 bits per heavy atom. The predicted molar refractivity (Wildman–Crippen MR) is 262 cm³/mol. The van der Waals surface area contributed by atoms with Gasteiger partial charge in [0.15, 0.2) is 5.82 Å². The van der Waals surface area contributed by atoms with Gasteiger partial charge in [-0.15, -0.1) is 0 Å². The summed E-state index contributed by atoms with van der Waals surface area (Å²) >= 11 is 0. The van der Waals surface area contributed by atoms with Gasteiger partial charge in [0.1, 0.15) is 0 Å². The van der Waals surface area contributed by atoms with Crippen molar-refractivity contribution in [3.8, 4) is 67.3 Å². The minimum absolute atomic E-state index is 0.699. The second-order valence-electron chi connectivity index (χ2n) is 16.1. The van der Waals surface area contributed by atoms with Crippen LogP contribution in [0.15, 0.2) is 231 Å². The standard InChI is InChI=1S/C60H38N2/c1-2-15-43(16-3-1)56-38-57(49-29-24-39-12-4-7-17-45(39)34-49)62-60(61-56)44-27-22-42(23-28-44)48-32-33-54-55(37-48)59(51-31-26-41-14-6-9-19-47(41)36-51)53-21-11-10-20-52(53)58(54)50-30-25-40-13-5-8-18-46(40)35-50/h1-38H. The summed E-state index contributed by atoms with van der Waals surface area (Å²) in [6, 6.07) is 83.2. The van der Waals surface area contributed by atoms with E-state index in [0.717, 1.165) is 39.2 Å². The Bertz CT molecular complexity index is 3680. The maximum absolute atomic E-state index is 5.19. The summed E-state index contributed by atoms with van der Waals surface area (Å²) in [6.07, 6.45) is 0. The zero-order chi connectivity index (χ0) is 41.0. The first kappa shape index (κ1) is 35.7. The van der Waals surface area contributed by atoms with Crippen LogP contribution in [0.4, 0.5) is 0 Å². The summed E-state index contributed by atoms with van der Waals surface area (Å²) in [5, 5.41) is 12.3. The predicted octanol–water partition coefficient (Wildman–Crippen LogP) is 16.2. The molecule has 0 N–H and O–H groups in total. The molecule has 62 heavy (non-hydrogen) atoms. The first-order chi connectivity index (χ1) is 30.7. The molecule has 12 rings (SSSR count). The van der Waals surface area contributed by atoms with E-state index in [0.29, 0.717) is 5.82 Å². The largest absolute Gasteiger partial charge is 0.228 e. The highest BCUT2D eigenvalue weighted by Gasteiger charge is 2.19. The second kappa shape index (κ2) is 14.8. The molecule has 1 heterocycles. The van der Waals surface area contributed by atoms with Gasteiger partial charge in [0.2, 0.25) is 0 Å². The van der Waals surface area contributed by atoms with Crippen molar-refractivity contribution in [1.29, 1.82) is 0 Å². The molecule has 0 unspecified atom stereocenters. The molecule has 0 saturated carbocycles. The fraction of sp³-hybridized carbons (Fsp3) is 0. The maximum atomic E-state index is 5.19. The smallest absolute Gasteiger partial charge is 0.160 e. The fourth-order valence-electron chi connectivity index (χ4n) is 9.31. The lowest BCUT2D eigenvalue weighted by atomic mass is 9.84. The molecule has 0 aliphatic heterocycles. The van der Waals surface area contributed by atoms with Crippen LogP contribution in [-0.2, 0) is 0 Å². The summed E-state index contributed by atoms with van der Waals surface area (Å²) in [6.45, 7) is 0. The quantitative estimate of drug-likeness (QED) is 0.157. The Labute approximate surface area is 360 Å². The van der Waals surface area contributed by atoms with Crippen LogP contribution in [0.5, 0.6) is 0 Å². The molecular formula is C60H38N2. The Kier molecular flexibility index (Phi) is 8.53. The number of aromatic nitrogens is 2. The molecule has 1 aromatic heterocycles. The summed E-state index contributed by atoms with van der Waals surface area (Å²) in [5.74, 6) is 0.699. The molecule has 2 nitrogen and oxygen atoms in total. The van der Waals surface area contributed by atoms with Crippen molar-refractivity contribution in [2.24, 2.45) is 0 Å². The topological polar surface area (TPSA) is 25.8 Å². The molecule has 0 bridgehead atoms. The summed E-state index contributed by atoms with van der Waals surface area (Å²) in [5.41, 5.74) is 12.1. The van der Waals surface area contributed by atoms with E-state index in [1.54, 1.807) is 0 Å². The minimum atomic E-state index is 0.699. The zero-order valence-corrected chi connectivity index (χ0v) is 33.8. The van der Waals surface area contributed by atoms with Crippen molar-refractivity contribution in [2.75, 3.05) is 0 Å². The molecule has 0 fully saturated rings. The summed E-state index contributed by atoms with van der Waals surface area (Å²) in [7, 11) is 0. The molecule has 2 heteroatoms. The van der Waals surface area contributed by atoms with Crippen LogP contribution in [0.1, 0.15) is 0 Å². The van der Waals surface area contributed by atoms with E-state index in [2.05, 4.69) is 224 Å². The van der Waals surface area contributed by atoms with Gasteiger partial charge in [0.25, 0.3) is 0 Å². The lowest BCUT2D eigenvalue weighted by Crippen LogP contribution is -1.96. The van der Waals surface area contributed by atoms with Gasteiger partial charge in [-0.2, -0.15) is 0 Å². The van der Waals surface area contributed by atoms with Gasteiger partial charge in [-0.1, -0.05) is 200 Å². The van der Waals surface area contributed by atoms with E-state index in [1.807, 2.05) is 6.07 Å². The van der Waals surface area contributed by atoms with Crippen LogP contribution >= 0.6 is 0 Å². The van der Waals surface area contributed by atoms with Gasteiger partial charge >= 0.3 is 0 Å². The van der Waals surface area contributed by atoms with Gasteiger partial charge in [0.05, 0.1) is 11.4 Å². The van der Waals surface area contributed by atoms with Crippen LogP contribution in [-0.4, -0.2) is 9.97 Å². The highest BCUT2D eigenvalue weighted by Crippen LogP contribution is 2.46. The summed E-state index contributed by atoms with van der Waals surface area (Å²) < 4.78 is 0. The molecular weight excluding hydrogens is 749 g/mol. The highest BCUT2D eigenvalue weighted by atomic mass is 14.9. The molecule has 11 aromatic carbocycles. The third-order valence-corrected chi connectivity index (χ3v) is 12.4. The van der Waals surface area contributed by atoms with Crippen molar-refractivity contribution in [2.45, 2.75) is 0 Å². The molecule has 0 saturated heterocycles. The number of hydrogen-bond acceptors (Lipinski definition) is 2. The van der Waals surface area contributed by atoms with E-state index in [1.165, 1.54) is 76.1 Å². The van der Waals surface area contributed by atoms with Gasteiger partial charge in [0, 0.05) is 16.7 Å². The molecule has 0 radical (unpaired) electrons. The second-order valence-corrected chi connectivity index (χ2v) is 16.1. The maximum Gasteiger partial charge on any atom is 0.160 e. The van der Waals surface area contributed by atoms with Crippen molar-refractivity contribution in [3.05, 3.63) is 231 Å². The fourth-order valence-corrected chi connectivity index (χ4v) is 9.31. The first-order valence-electron chi connectivity index (χ1n) is 21.2. The molecule has 0 spiro atoms. The lowest BCUT2D eigenvalue weighted by molar-refractivity contribution is 1.18. The van der Waals surface area contributed by atoms with E-state index < -0.39 is 0 Å². The Hall–Kier alpha value is -8.20. The van der Waals surface area contributed by atoms with Gasteiger partial charge < -0.3 is 0 Å². The van der Waals surface area contributed by atoms with Crippen molar-refractivity contribution in [3.63, 3.8) is 0 Å². The lowest BCUT2D eigenvalue weighted by Gasteiger charge is -2.19. The van der Waals surface area contributed by atoms with Crippen molar-refractivity contribution < 1.29 is 0 Å². The molecule has 288 valence electrons. The van der Waals surface area contributed by atoms with Gasteiger partial charge in [-0.25, -0.2) is 9.97 Å². The Morgan fingerprint density at radius 1 is 0.210 bits per heavy atom. The molecule has 0 atom stereocenters. The number of benzene rings is 11. The van der Waals surface area contributed by atoms with Crippen LogP contribution in [0.2, 0.25) is 0 Å². The van der Waals surface area contributed by atoms with E-state index in [-0.39, 0.29) is 0 Å². The first-order valence-corrected chi connectivity index (χ1v) is 21.2. The Balaban J connectivity index is 1.02. The highest BCUT2D eigenvalue weighted by molar-refractivity contribution is 6.22. The third-order valence-electron chi connectivity index (χ3n) is 12.4. The van der Waals surface area contributed by atoms with Crippen LogP contribution < -0.4 is 0 Å². The normalized spacial score (nSPS) is 11.5. The number of rotatable bonds is 6. The van der Waals surface area contributed by atoms with Crippen LogP contribution in [0, 0.1) is 0 Å². The average molecular weight is 787 g/mol. The van der Waals surface area contributed by atoms with Crippen LogP contribution in [0.25, 0.3) is 121 Å². The van der Waals surface area contributed by atoms with Gasteiger partial charge in [-0.05, 0) is 118 Å². The SMILES string of the molecule is c1ccc(-c2cc(-c3ccc4ccccc4c3)nc(-c3ccc(-c4ccc5c(-c6ccc7ccccc7c6)c6ccccc6c(-c6ccc7ccccc7c6)c5c4)cc3)n2)cc1. The monoisotopic (exact) mass is 786 g/mol. The van der Waals surface area contributed by atoms with Crippen LogP contribution in [0.3, 0.4) is 0 Å². The number of hydrogen-bond donors (Lipinski definition) is 0. The van der Waals surface area contributed by atoms with E-state index in [9.17, 15) is 0 Å². The van der Waals surface area contributed by atoms with E-state index in [4.69, 9.17) is 9.97 Å². The molecule has 0 aliphatic rings. The minimum Gasteiger partial charge on any atom is -0.228 e. The molecule has 12 aromatic rings. The van der Waals surface area contributed by atoms with Crippen molar-refractivity contribution in [1.82, 2.24) is 9.97 Å².